The zero-order valence-electron chi connectivity index (χ0n) is 20.1. The largest absolute Gasteiger partial charge is 0.351 e. The number of likely N-dealkylation sites (tertiary alicyclic amines) is 1. The van der Waals surface area contributed by atoms with Crippen LogP contribution in [0.3, 0.4) is 0 Å². The lowest BCUT2D eigenvalue weighted by molar-refractivity contribution is -0.143. The number of rotatable bonds is 5. The Labute approximate surface area is 205 Å². The molecule has 0 bridgehead atoms. The monoisotopic (exact) mass is 495 g/mol. The van der Waals surface area contributed by atoms with Gasteiger partial charge in [-0.25, -0.2) is 28.7 Å². The molecule has 1 saturated carbocycles. The van der Waals surface area contributed by atoms with Gasteiger partial charge in [-0.15, -0.1) is 0 Å². The van der Waals surface area contributed by atoms with Crippen molar-refractivity contribution in [2.75, 3.05) is 18.4 Å². The molecular weight excluding hydrogens is 468 g/mol. The van der Waals surface area contributed by atoms with E-state index in [1.807, 2.05) is 4.90 Å². The minimum atomic E-state index is -2.52. The van der Waals surface area contributed by atoms with Crippen molar-refractivity contribution in [3.05, 3.63) is 24.4 Å². The number of alkyl halides is 2. The van der Waals surface area contributed by atoms with Crippen molar-refractivity contribution in [3.63, 3.8) is 0 Å². The van der Waals surface area contributed by atoms with E-state index in [0.29, 0.717) is 40.5 Å². The van der Waals surface area contributed by atoms with E-state index < -0.39 is 13.0 Å². The van der Waals surface area contributed by atoms with E-state index in [1.54, 1.807) is 32.4 Å². The van der Waals surface area contributed by atoms with Crippen LogP contribution in [0.25, 0.3) is 33.6 Å². The van der Waals surface area contributed by atoms with Gasteiger partial charge in [0, 0.05) is 54.8 Å². The second-order valence-electron chi connectivity index (χ2n) is 10.0. The molecule has 2 N–H and O–H groups in total. The van der Waals surface area contributed by atoms with Gasteiger partial charge in [-0.2, -0.15) is 4.98 Å². The van der Waals surface area contributed by atoms with Crippen LogP contribution in [0.15, 0.2) is 18.6 Å². The molecule has 1 aliphatic heterocycles. The van der Waals surface area contributed by atoms with E-state index in [4.69, 9.17) is 0 Å². The molecule has 0 atom stereocenters. The Morgan fingerprint density at radius 2 is 1.97 bits per heavy atom. The summed E-state index contributed by atoms with van der Waals surface area (Å²) in [6.45, 7) is 4.57. The highest BCUT2D eigenvalue weighted by atomic mass is 19.3. The number of H-pyrrole nitrogens is 1. The van der Waals surface area contributed by atoms with E-state index in [-0.39, 0.29) is 11.3 Å². The number of halogens is 2. The molecule has 2 fully saturated rings. The first-order chi connectivity index (χ1) is 17.3. The first-order valence-electron chi connectivity index (χ1n) is 12.1. The van der Waals surface area contributed by atoms with Gasteiger partial charge in [-0.1, -0.05) is 0 Å². The van der Waals surface area contributed by atoms with Crippen LogP contribution in [0.1, 0.15) is 38.4 Å². The summed E-state index contributed by atoms with van der Waals surface area (Å²) in [6.07, 6.45) is 6.80. The summed E-state index contributed by atoms with van der Waals surface area (Å²) in [5.41, 5.74) is 2.88. The fraction of sp³-hybridized carbons (Fsp3) is 0.500. The molecular formula is C24H27F2N9O. The number of hydrogen-bond donors (Lipinski definition) is 2. The van der Waals surface area contributed by atoms with Crippen molar-refractivity contribution in [3.8, 4) is 11.3 Å². The summed E-state index contributed by atoms with van der Waals surface area (Å²) in [5, 5.41) is 4.23. The maximum absolute atomic E-state index is 13.1. The molecule has 36 heavy (non-hydrogen) atoms. The topological polar surface area (TPSA) is 118 Å². The number of carbonyl (C=O) groups is 1. The number of nitrogens with zero attached hydrogens (tertiary/aromatic N) is 7. The van der Waals surface area contributed by atoms with E-state index in [0.717, 1.165) is 49.7 Å². The molecule has 5 heterocycles. The number of aromatic nitrogens is 7. The third-order valence-corrected chi connectivity index (χ3v) is 7.56. The summed E-state index contributed by atoms with van der Waals surface area (Å²) in [6, 6.07) is 0.292. The minimum absolute atomic E-state index is 0.160. The van der Waals surface area contributed by atoms with Crippen molar-refractivity contribution < 1.29 is 13.6 Å². The van der Waals surface area contributed by atoms with E-state index >= 15 is 0 Å². The molecule has 4 aromatic heterocycles. The van der Waals surface area contributed by atoms with Crippen LogP contribution < -0.4 is 5.32 Å². The lowest BCUT2D eigenvalue weighted by Crippen LogP contribution is -2.59. The van der Waals surface area contributed by atoms with Gasteiger partial charge in [0.2, 0.25) is 11.9 Å². The zero-order valence-corrected chi connectivity index (χ0v) is 20.1. The van der Waals surface area contributed by atoms with Crippen LogP contribution in [0.4, 0.5) is 14.7 Å². The van der Waals surface area contributed by atoms with Crippen molar-refractivity contribution in [1.82, 2.24) is 39.4 Å². The molecule has 6 rings (SSSR count). The SMILES string of the molecule is CC(=O)N1CC2(CCC(Nc3ncc4c(-c5cnc6nc(C)n(CC(F)F)c6n5)c[nH]c4n3)CC2)C1. The lowest BCUT2D eigenvalue weighted by Gasteiger charge is -2.53. The van der Waals surface area contributed by atoms with Gasteiger partial charge < -0.3 is 19.8 Å². The number of fused-ring (bicyclic) bond motifs is 2. The van der Waals surface area contributed by atoms with Crippen molar-refractivity contribution in [2.45, 2.75) is 58.5 Å². The Morgan fingerprint density at radius 3 is 2.69 bits per heavy atom. The van der Waals surface area contributed by atoms with Crippen molar-refractivity contribution >= 4 is 34.2 Å². The number of aromatic amines is 1. The van der Waals surface area contributed by atoms with Crippen LogP contribution >= 0.6 is 0 Å². The molecule has 1 saturated heterocycles. The quantitative estimate of drug-likeness (QED) is 0.435. The summed E-state index contributed by atoms with van der Waals surface area (Å²) >= 11 is 0. The highest BCUT2D eigenvalue weighted by Gasteiger charge is 2.46. The van der Waals surface area contributed by atoms with Crippen LogP contribution in [-0.4, -0.2) is 70.8 Å². The van der Waals surface area contributed by atoms with Gasteiger partial charge in [0.05, 0.1) is 18.4 Å². The molecule has 1 spiro atoms. The number of anilines is 1. The van der Waals surface area contributed by atoms with Gasteiger partial charge in [-0.3, -0.25) is 4.79 Å². The summed E-state index contributed by atoms with van der Waals surface area (Å²) < 4.78 is 27.5. The third kappa shape index (κ3) is 3.94. The predicted octanol–water partition coefficient (Wildman–Crippen LogP) is 3.54. The number of carbonyl (C=O) groups excluding carboxylic acids is 1. The number of aryl methyl sites for hydroxylation is 1. The Balaban J connectivity index is 1.19. The number of hydrogen-bond acceptors (Lipinski definition) is 7. The van der Waals surface area contributed by atoms with Gasteiger partial charge in [0.15, 0.2) is 11.3 Å². The first kappa shape index (κ1) is 22.7. The van der Waals surface area contributed by atoms with Crippen LogP contribution in [0.5, 0.6) is 0 Å². The number of imidazole rings is 1. The first-order valence-corrected chi connectivity index (χ1v) is 12.1. The second kappa shape index (κ2) is 8.45. The average molecular weight is 496 g/mol. The number of amides is 1. The van der Waals surface area contributed by atoms with Crippen molar-refractivity contribution in [2.24, 2.45) is 5.41 Å². The van der Waals surface area contributed by atoms with E-state index in [2.05, 4.69) is 35.2 Å². The zero-order chi connectivity index (χ0) is 25.0. The Morgan fingerprint density at radius 1 is 1.19 bits per heavy atom. The Bertz CT molecular complexity index is 1450. The highest BCUT2D eigenvalue weighted by Crippen LogP contribution is 2.44. The fourth-order valence-electron chi connectivity index (χ4n) is 5.53. The third-order valence-electron chi connectivity index (χ3n) is 7.56. The summed E-state index contributed by atoms with van der Waals surface area (Å²) in [4.78, 5) is 39.0. The molecule has 0 unspecified atom stereocenters. The van der Waals surface area contributed by atoms with Crippen LogP contribution in [-0.2, 0) is 11.3 Å². The highest BCUT2D eigenvalue weighted by molar-refractivity contribution is 5.93. The standard InChI is InChI=1S/C24H27F2N9O/c1-13-30-21-22(35(13)10-19(25)26)32-18(9-28-21)16-7-27-20-17(16)8-29-23(33-20)31-15-3-5-24(6-4-15)11-34(12-24)14(2)36/h7-9,15,19H,3-6,10-12H2,1-2H3,(H2,27,29,31,33). The molecule has 12 heteroatoms. The number of nitrogens with one attached hydrogen (secondary N) is 2. The average Bonchev–Trinajstić information content (AvgIpc) is 3.38. The molecule has 2 aliphatic rings. The molecule has 0 radical (unpaired) electrons. The van der Waals surface area contributed by atoms with Gasteiger partial charge in [-0.05, 0) is 32.6 Å². The normalized spacial score (nSPS) is 17.9. The Hall–Kier alpha value is -3.70. The molecule has 188 valence electrons. The van der Waals surface area contributed by atoms with E-state index in [1.165, 1.54) is 4.57 Å². The maximum atomic E-state index is 13.1. The minimum Gasteiger partial charge on any atom is -0.351 e. The van der Waals surface area contributed by atoms with Crippen molar-refractivity contribution in [1.29, 1.82) is 0 Å². The maximum Gasteiger partial charge on any atom is 0.256 e. The smallest absolute Gasteiger partial charge is 0.256 e. The molecule has 0 aromatic carbocycles. The molecule has 10 nitrogen and oxygen atoms in total. The Kier molecular flexibility index (Phi) is 5.34. The summed E-state index contributed by atoms with van der Waals surface area (Å²) in [7, 11) is 0. The summed E-state index contributed by atoms with van der Waals surface area (Å²) in [5.74, 6) is 1.17. The second-order valence-corrected chi connectivity index (χ2v) is 10.0. The van der Waals surface area contributed by atoms with E-state index in [9.17, 15) is 13.6 Å². The van der Waals surface area contributed by atoms with Gasteiger partial charge >= 0.3 is 0 Å². The predicted molar refractivity (Wildman–Crippen MR) is 130 cm³/mol. The molecule has 1 aliphatic carbocycles. The molecule has 1 amide bonds. The fourth-order valence-corrected chi connectivity index (χ4v) is 5.53. The molecule has 4 aromatic rings. The van der Waals surface area contributed by atoms with Crippen LogP contribution in [0, 0.1) is 12.3 Å². The van der Waals surface area contributed by atoms with Gasteiger partial charge in [0.1, 0.15) is 11.5 Å². The van der Waals surface area contributed by atoms with Crippen LogP contribution in [0.2, 0.25) is 0 Å². The van der Waals surface area contributed by atoms with Gasteiger partial charge in [0.25, 0.3) is 6.43 Å². The lowest BCUT2D eigenvalue weighted by atomic mass is 9.67.